The highest BCUT2D eigenvalue weighted by Gasteiger charge is 2.10. The maximum Gasteiger partial charge on any atom is 0.0551 e. The van der Waals surface area contributed by atoms with Crippen molar-refractivity contribution in [2.45, 2.75) is 6.04 Å². The third kappa shape index (κ3) is 2.20. The summed E-state index contributed by atoms with van der Waals surface area (Å²) in [4.78, 5) is 0. The Labute approximate surface area is 96.2 Å². The summed E-state index contributed by atoms with van der Waals surface area (Å²) in [6, 6.07) is 19.9. The Morgan fingerprint density at radius 2 is 1.38 bits per heavy atom. The molecule has 0 spiro atoms. The molecule has 0 saturated carbocycles. The van der Waals surface area contributed by atoms with Crippen molar-refractivity contribution in [3.05, 3.63) is 78.4 Å². The van der Waals surface area contributed by atoms with Crippen molar-refractivity contribution in [1.82, 2.24) is 0 Å². The summed E-state index contributed by atoms with van der Waals surface area (Å²) in [5.41, 5.74) is 9.31. The molecule has 2 rings (SSSR count). The second-order valence-electron chi connectivity index (χ2n) is 3.78. The van der Waals surface area contributed by atoms with Crippen LogP contribution in [0.2, 0.25) is 0 Å². The predicted molar refractivity (Wildman–Crippen MR) is 68.8 cm³/mol. The molecule has 0 fully saturated rings. The number of benzene rings is 2. The molecule has 1 unspecified atom stereocenters. The second kappa shape index (κ2) is 4.77. The standard InChI is InChI=1S/C15H15N/c1-12(13-8-4-2-5-9-13)15(16)14-10-6-3-7-11-14/h2-11,15H,1,16H2. The lowest BCUT2D eigenvalue weighted by Gasteiger charge is -2.15. The molecule has 2 N–H and O–H groups in total. The molecule has 0 aliphatic heterocycles. The van der Waals surface area contributed by atoms with Gasteiger partial charge >= 0.3 is 0 Å². The SMILES string of the molecule is C=C(c1ccccc1)C(N)c1ccccc1. The Hall–Kier alpha value is -1.86. The molecule has 0 bridgehead atoms. The van der Waals surface area contributed by atoms with Crippen LogP contribution in [0.15, 0.2) is 67.2 Å². The van der Waals surface area contributed by atoms with Gasteiger partial charge < -0.3 is 5.73 Å². The van der Waals surface area contributed by atoms with E-state index in [1.165, 1.54) is 0 Å². The quantitative estimate of drug-likeness (QED) is 0.823. The minimum atomic E-state index is -0.136. The molecule has 0 saturated heterocycles. The number of rotatable bonds is 3. The number of hydrogen-bond donors (Lipinski definition) is 1. The summed E-state index contributed by atoms with van der Waals surface area (Å²) in [5, 5.41) is 0. The van der Waals surface area contributed by atoms with Crippen LogP contribution in [-0.2, 0) is 0 Å². The lowest BCUT2D eigenvalue weighted by molar-refractivity contribution is 0.935. The lowest BCUT2D eigenvalue weighted by atomic mass is 9.95. The Morgan fingerprint density at radius 1 is 0.875 bits per heavy atom. The number of hydrogen-bond acceptors (Lipinski definition) is 1. The Bertz CT molecular complexity index is 459. The van der Waals surface area contributed by atoms with Gasteiger partial charge in [0, 0.05) is 0 Å². The fourth-order valence-corrected chi connectivity index (χ4v) is 1.69. The highest BCUT2D eigenvalue weighted by molar-refractivity contribution is 5.68. The van der Waals surface area contributed by atoms with Gasteiger partial charge in [0.25, 0.3) is 0 Å². The van der Waals surface area contributed by atoms with E-state index < -0.39 is 0 Å². The molecular formula is C15H15N. The zero-order valence-corrected chi connectivity index (χ0v) is 9.14. The highest BCUT2D eigenvalue weighted by Crippen LogP contribution is 2.25. The van der Waals surface area contributed by atoms with Gasteiger partial charge in [0.15, 0.2) is 0 Å². The summed E-state index contributed by atoms with van der Waals surface area (Å²) < 4.78 is 0. The average molecular weight is 209 g/mol. The molecule has 1 nitrogen and oxygen atoms in total. The molecule has 0 aromatic heterocycles. The molecule has 0 heterocycles. The van der Waals surface area contributed by atoms with Crippen molar-refractivity contribution in [2.24, 2.45) is 5.73 Å². The topological polar surface area (TPSA) is 26.0 Å². The first-order chi connectivity index (χ1) is 7.79. The van der Waals surface area contributed by atoms with Gasteiger partial charge in [0.2, 0.25) is 0 Å². The van der Waals surface area contributed by atoms with Crippen molar-refractivity contribution in [3.63, 3.8) is 0 Å². The summed E-state index contributed by atoms with van der Waals surface area (Å²) in [7, 11) is 0. The molecule has 0 amide bonds. The smallest absolute Gasteiger partial charge is 0.0551 e. The van der Waals surface area contributed by atoms with Crippen LogP contribution in [0.1, 0.15) is 17.2 Å². The van der Waals surface area contributed by atoms with Crippen LogP contribution in [-0.4, -0.2) is 0 Å². The van der Waals surface area contributed by atoms with Crippen molar-refractivity contribution in [2.75, 3.05) is 0 Å². The van der Waals surface area contributed by atoms with Gasteiger partial charge in [-0.05, 0) is 16.7 Å². The van der Waals surface area contributed by atoms with E-state index in [0.29, 0.717) is 0 Å². The van der Waals surface area contributed by atoms with Crippen LogP contribution in [0, 0.1) is 0 Å². The van der Waals surface area contributed by atoms with E-state index >= 15 is 0 Å². The first-order valence-electron chi connectivity index (χ1n) is 5.34. The van der Waals surface area contributed by atoms with Gasteiger partial charge in [-0.15, -0.1) is 0 Å². The Kier molecular flexibility index (Phi) is 3.18. The fraction of sp³-hybridized carbons (Fsp3) is 0.0667. The maximum atomic E-state index is 6.17. The first kappa shape index (κ1) is 10.7. The van der Waals surface area contributed by atoms with Gasteiger partial charge in [-0.25, -0.2) is 0 Å². The molecule has 16 heavy (non-hydrogen) atoms. The molecule has 80 valence electrons. The van der Waals surface area contributed by atoms with E-state index in [-0.39, 0.29) is 6.04 Å². The third-order valence-corrected chi connectivity index (χ3v) is 2.68. The average Bonchev–Trinajstić information content (AvgIpc) is 2.39. The van der Waals surface area contributed by atoms with Crippen LogP contribution in [0.4, 0.5) is 0 Å². The zero-order chi connectivity index (χ0) is 11.4. The van der Waals surface area contributed by atoms with Crippen LogP contribution in [0.3, 0.4) is 0 Å². The molecule has 1 atom stereocenters. The molecule has 0 radical (unpaired) electrons. The van der Waals surface area contributed by atoms with Gasteiger partial charge in [0.1, 0.15) is 0 Å². The Balaban J connectivity index is 2.24. The summed E-state index contributed by atoms with van der Waals surface area (Å²) >= 11 is 0. The maximum absolute atomic E-state index is 6.17. The lowest BCUT2D eigenvalue weighted by Crippen LogP contribution is -2.11. The van der Waals surface area contributed by atoms with E-state index in [4.69, 9.17) is 5.73 Å². The first-order valence-corrected chi connectivity index (χ1v) is 5.34. The van der Waals surface area contributed by atoms with Gasteiger partial charge in [-0.3, -0.25) is 0 Å². The van der Waals surface area contributed by atoms with Crippen LogP contribution < -0.4 is 5.73 Å². The highest BCUT2D eigenvalue weighted by atomic mass is 14.6. The van der Waals surface area contributed by atoms with Crippen molar-refractivity contribution in [3.8, 4) is 0 Å². The monoisotopic (exact) mass is 209 g/mol. The molecule has 0 aliphatic carbocycles. The van der Waals surface area contributed by atoms with E-state index in [0.717, 1.165) is 16.7 Å². The van der Waals surface area contributed by atoms with E-state index in [9.17, 15) is 0 Å². The minimum Gasteiger partial charge on any atom is -0.320 e. The van der Waals surface area contributed by atoms with Crippen molar-refractivity contribution >= 4 is 5.57 Å². The van der Waals surface area contributed by atoms with Crippen molar-refractivity contribution < 1.29 is 0 Å². The summed E-state index contributed by atoms with van der Waals surface area (Å²) in [6.45, 7) is 4.08. The molecular weight excluding hydrogens is 194 g/mol. The van der Waals surface area contributed by atoms with E-state index in [1.54, 1.807) is 0 Å². The molecule has 1 heteroatoms. The van der Waals surface area contributed by atoms with E-state index in [1.807, 2.05) is 60.7 Å². The predicted octanol–water partition coefficient (Wildman–Crippen LogP) is 3.40. The normalized spacial score (nSPS) is 12.1. The summed E-state index contributed by atoms with van der Waals surface area (Å²) in [5.74, 6) is 0. The van der Waals surface area contributed by atoms with Crippen LogP contribution >= 0.6 is 0 Å². The number of nitrogens with two attached hydrogens (primary N) is 1. The van der Waals surface area contributed by atoms with Crippen LogP contribution in [0.5, 0.6) is 0 Å². The van der Waals surface area contributed by atoms with Gasteiger partial charge in [0.05, 0.1) is 6.04 Å². The minimum absolute atomic E-state index is 0.136. The fourth-order valence-electron chi connectivity index (χ4n) is 1.69. The largest absolute Gasteiger partial charge is 0.320 e. The molecule has 2 aromatic rings. The van der Waals surface area contributed by atoms with Crippen LogP contribution in [0.25, 0.3) is 5.57 Å². The second-order valence-corrected chi connectivity index (χ2v) is 3.78. The molecule has 2 aromatic carbocycles. The van der Waals surface area contributed by atoms with Crippen molar-refractivity contribution in [1.29, 1.82) is 0 Å². The zero-order valence-electron chi connectivity index (χ0n) is 9.14. The van der Waals surface area contributed by atoms with Gasteiger partial charge in [-0.2, -0.15) is 0 Å². The summed E-state index contributed by atoms with van der Waals surface area (Å²) in [6.07, 6.45) is 0. The van der Waals surface area contributed by atoms with Gasteiger partial charge in [-0.1, -0.05) is 67.2 Å². The molecule has 0 aliphatic rings. The van der Waals surface area contributed by atoms with E-state index in [2.05, 4.69) is 6.58 Å². The third-order valence-electron chi connectivity index (χ3n) is 2.68. The Morgan fingerprint density at radius 3 is 1.94 bits per heavy atom.